The van der Waals surface area contributed by atoms with Gasteiger partial charge in [0.25, 0.3) is 0 Å². The van der Waals surface area contributed by atoms with Crippen LogP contribution in [0.2, 0.25) is 0 Å². The fourth-order valence-corrected chi connectivity index (χ4v) is 1.72. The maximum Gasteiger partial charge on any atom is 0.248 e. The van der Waals surface area contributed by atoms with Crippen molar-refractivity contribution in [3.63, 3.8) is 0 Å². The second kappa shape index (κ2) is 3.62. The predicted octanol–water partition coefficient (Wildman–Crippen LogP) is -0.0884. The highest BCUT2D eigenvalue weighted by Gasteiger charge is 2.39. The number of rotatable bonds is 2. The van der Waals surface area contributed by atoms with Crippen LogP contribution in [-0.2, 0) is 16.1 Å². The minimum atomic E-state index is -0.852. The molecule has 1 N–H and O–H groups in total. The van der Waals surface area contributed by atoms with E-state index in [2.05, 4.69) is 10.5 Å². The van der Waals surface area contributed by atoms with Crippen molar-refractivity contribution >= 4 is 11.8 Å². The molecular formula is C10H13N3O3. The number of aromatic nitrogens is 1. The van der Waals surface area contributed by atoms with Gasteiger partial charge in [0.15, 0.2) is 5.76 Å². The lowest BCUT2D eigenvalue weighted by atomic mass is 10.0. The lowest BCUT2D eigenvalue weighted by Gasteiger charge is -2.36. The SMILES string of the molecule is CC1(C)NC(=O)CN(Cc2ccno2)C1=O. The van der Waals surface area contributed by atoms with Crippen LogP contribution in [0.1, 0.15) is 19.6 Å². The van der Waals surface area contributed by atoms with Gasteiger partial charge in [-0.25, -0.2) is 0 Å². The summed E-state index contributed by atoms with van der Waals surface area (Å²) in [6, 6.07) is 1.67. The molecule has 2 heterocycles. The van der Waals surface area contributed by atoms with Crippen molar-refractivity contribution in [2.75, 3.05) is 6.54 Å². The number of amides is 2. The molecule has 0 atom stereocenters. The first-order valence-corrected chi connectivity index (χ1v) is 4.99. The van der Waals surface area contributed by atoms with E-state index in [1.165, 1.54) is 11.1 Å². The maximum absolute atomic E-state index is 12.0. The third-order valence-electron chi connectivity index (χ3n) is 2.45. The van der Waals surface area contributed by atoms with E-state index < -0.39 is 5.54 Å². The second-order valence-electron chi connectivity index (χ2n) is 4.31. The van der Waals surface area contributed by atoms with Crippen LogP contribution in [0.4, 0.5) is 0 Å². The van der Waals surface area contributed by atoms with E-state index in [0.717, 1.165) is 0 Å². The lowest BCUT2D eigenvalue weighted by molar-refractivity contribution is -0.149. The summed E-state index contributed by atoms with van der Waals surface area (Å²) in [5.41, 5.74) is -0.852. The zero-order chi connectivity index (χ0) is 11.8. The molecule has 1 aromatic rings. The summed E-state index contributed by atoms with van der Waals surface area (Å²) in [5.74, 6) is 0.284. The van der Waals surface area contributed by atoms with Crippen LogP contribution < -0.4 is 5.32 Å². The molecule has 1 saturated heterocycles. The normalized spacial score (nSPS) is 19.8. The third kappa shape index (κ3) is 1.91. The van der Waals surface area contributed by atoms with Gasteiger partial charge in [0.1, 0.15) is 12.1 Å². The first kappa shape index (κ1) is 10.7. The van der Waals surface area contributed by atoms with Gasteiger partial charge in [0.2, 0.25) is 11.8 Å². The third-order valence-corrected chi connectivity index (χ3v) is 2.45. The molecule has 2 amide bonds. The first-order chi connectivity index (χ1) is 7.49. The van der Waals surface area contributed by atoms with Crippen LogP contribution in [0, 0.1) is 0 Å². The molecule has 1 aliphatic heterocycles. The van der Waals surface area contributed by atoms with Gasteiger partial charge in [-0.15, -0.1) is 0 Å². The summed E-state index contributed by atoms with van der Waals surface area (Å²) in [6.45, 7) is 3.69. The topological polar surface area (TPSA) is 75.4 Å². The number of carbonyl (C=O) groups excluding carboxylic acids is 2. The van der Waals surface area contributed by atoms with Crippen molar-refractivity contribution in [2.45, 2.75) is 25.9 Å². The predicted molar refractivity (Wildman–Crippen MR) is 54.1 cm³/mol. The van der Waals surface area contributed by atoms with Gasteiger partial charge in [0, 0.05) is 6.07 Å². The van der Waals surface area contributed by atoms with Crippen LogP contribution in [0.5, 0.6) is 0 Å². The first-order valence-electron chi connectivity index (χ1n) is 4.99. The molecule has 1 aliphatic rings. The average molecular weight is 223 g/mol. The van der Waals surface area contributed by atoms with Gasteiger partial charge in [-0.05, 0) is 13.8 Å². The van der Waals surface area contributed by atoms with E-state index in [0.29, 0.717) is 5.76 Å². The Morgan fingerprint density at radius 2 is 2.31 bits per heavy atom. The highest BCUT2D eigenvalue weighted by Crippen LogP contribution is 2.15. The molecule has 0 radical (unpaired) electrons. The minimum absolute atomic E-state index is 0.0585. The van der Waals surface area contributed by atoms with Crippen LogP contribution >= 0.6 is 0 Å². The number of nitrogens with zero attached hydrogens (tertiary/aromatic N) is 2. The molecule has 0 saturated carbocycles. The molecule has 0 aromatic carbocycles. The Morgan fingerprint density at radius 3 is 2.94 bits per heavy atom. The number of hydrogen-bond donors (Lipinski definition) is 1. The second-order valence-corrected chi connectivity index (χ2v) is 4.31. The highest BCUT2D eigenvalue weighted by atomic mass is 16.5. The van der Waals surface area contributed by atoms with E-state index in [1.807, 2.05) is 0 Å². The molecule has 0 spiro atoms. The zero-order valence-electron chi connectivity index (χ0n) is 9.19. The molecule has 0 unspecified atom stereocenters. The Kier molecular flexibility index (Phi) is 2.41. The van der Waals surface area contributed by atoms with Crippen molar-refractivity contribution in [2.24, 2.45) is 0 Å². The van der Waals surface area contributed by atoms with E-state index in [1.54, 1.807) is 19.9 Å². The van der Waals surface area contributed by atoms with E-state index >= 15 is 0 Å². The average Bonchev–Trinajstić information content (AvgIpc) is 2.65. The molecule has 1 fully saturated rings. The molecule has 0 bridgehead atoms. The maximum atomic E-state index is 12.0. The number of piperazine rings is 1. The van der Waals surface area contributed by atoms with Gasteiger partial charge in [0.05, 0.1) is 12.7 Å². The number of nitrogens with one attached hydrogen (secondary N) is 1. The number of hydrogen-bond acceptors (Lipinski definition) is 4. The molecule has 16 heavy (non-hydrogen) atoms. The van der Waals surface area contributed by atoms with Crippen molar-refractivity contribution < 1.29 is 14.1 Å². The van der Waals surface area contributed by atoms with Gasteiger partial charge in [-0.1, -0.05) is 5.16 Å². The fraction of sp³-hybridized carbons (Fsp3) is 0.500. The Morgan fingerprint density at radius 1 is 1.56 bits per heavy atom. The molecular weight excluding hydrogens is 210 g/mol. The zero-order valence-corrected chi connectivity index (χ0v) is 9.19. The largest absolute Gasteiger partial charge is 0.360 e. The van der Waals surface area contributed by atoms with Crippen LogP contribution in [0.25, 0.3) is 0 Å². The van der Waals surface area contributed by atoms with E-state index in [-0.39, 0.29) is 24.9 Å². The standard InChI is InChI=1S/C10H13N3O3/c1-10(2)9(15)13(6-8(14)12-10)5-7-3-4-11-16-7/h3-4H,5-6H2,1-2H3,(H,12,14). The fourth-order valence-electron chi connectivity index (χ4n) is 1.72. The molecule has 6 nitrogen and oxygen atoms in total. The molecule has 2 rings (SSSR count). The Labute approximate surface area is 92.6 Å². The molecule has 0 aliphatic carbocycles. The summed E-state index contributed by atoms with van der Waals surface area (Å²) in [4.78, 5) is 24.8. The molecule has 86 valence electrons. The summed E-state index contributed by atoms with van der Waals surface area (Å²) < 4.78 is 4.91. The van der Waals surface area contributed by atoms with Crippen molar-refractivity contribution in [3.8, 4) is 0 Å². The highest BCUT2D eigenvalue weighted by molar-refractivity contribution is 5.97. The quantitative estimate of drug-likeness (QED) is 0.760. The molecule has 6 heteroatoms. The monoisotopic (exact) mass is 223 g/mol. The van der Waals surface area contributed by atoms with Gasteiger partial charge in [-0.3, -0.25) is 9.59 Å². The Balaban J connectivity index is 2.14. The van der Waals surface area contributed by atoms with Gasteiger partial charge >= 0.3 is 0 Å². The summed E-state index contributed by atoms with van der Waals surface area (Å²) in [6.07, 6.45) is 1.51. The van der Waals surface area contributed by atoms with Crippen LogP contribution in [-0.4, -0.2) is 34.0 Å². The summed E-state index contributed by atoms with van der Waals surface area (Å²) in [5, 5.41) is 6.19. The van der Waals surface area contributed by atoms with Crippen molar-refractivity contribution in [1.82, 2.24) is 15.4 Å². The van der Waals surface area contributed by atoms with Crippen LogP contribution in [0.3, 0.4) is 0 Å². The van der Waals surface area contributed by atoms with Gasteiger partial charge < -0.3 is 14.7 Å². The lowest BCUT2D eigenvalue weighted by Crippen LogP contribution is -2.63. The summed E-state index contributed by atoms with van der Waals surface area (Å²) in [7, 11) is 0. The minimum Gasteiger partial charge on any atom is -0.360 e. The van der Waals surface area contributed by atoms with E-state index in [9.17, 15) is 9.59 Å². The van der Waals surface area contributed by atoms with Crippen molar-refractivity contribution in [3.05, 3.63) is 18.0 Å². The van der Waals surface area contributed by atoms with E-state index in [4.69, 9.17) is 4.52 Å². The smallest absolute Gasteiger partial charge is 0.248 e. The van der Waals surface area contributed by atoms with Crippen LogP contribution in [0.15, 0.2) is 16.8 Å². The number of carbonyl (C=O) groups is 2. The van der Waals surface area contributed by atoms with Gasteiger partial charge in [-0.2, -0.15) is 0 Å². The molecule has 1 aromatic heterocycles. The summed E-state index contributed by atoms with van der Waals surface area (Å²) >= 11 is 0. The Hall–Kier alpha value is -1.85. The Bertz CT molecular complexity index is 411. The van der Waals surface area contributed by atoms with Crippen molar-refractivity contribution in [1.29, 1.82) is 0 Å².